The summed E-state index contributed by atoms with van der Waals surface area (Å²) in [5.41, 5.74) is 0.290. The first-order valence-electron chi connectivity index (χ1n) is 5.44. The third-order valence-electron chi connectivity index (χ3n) is 2.44. The molecule has 0 aliphatic heterocycles. The van der Waals surface area contributed by atoms with Gasteiger partial charge in [0.25, 0.3) is 5.91 Å². The Labute approximate surface area is 133 Å². The minimum Gasteiger partial charge on any atom is -0.478 e. The van der Waals surface area contributed by atoms with Crippen LogP contribution in [-0.4, -0.2) is 22.0 Å². The number of aromatic carboxylic acids is 1. The van der Waals surface area contributed by atoms with Gasteiger partial charge in [-0.25, -0.2) is 9.78 Å². The van der Waals surface area contributed by atoms with Crippen molar-refractivity contribution in [1.82, 2.24) is 4.98 Å². The number of benzene rings is 1. The number of carboxylic acid groups (broad SMARTS) is 1. The second-order valence-corrected chi connectivity index (χ2v) is 5.38. The van der Waals surface area contributed by atoms with Gasteiger partial charge in [-0.15, -0.1) is 0 Å². The van der Waals surface area contributed by atoms with Gasteiger partial charge >= 0.3 is 5.97 Å². The Morgan fingerprint density at radius 3 is 2.70 bits per heavy atom. The maximum absolute atomic E-state index is 12.2. The average Bonchev–Trinajstić information content (AvgIpc) is 2.41. The van der Waals surface area contributed by atoms with Gasteiger partial charge in [-0.3, -0.25) is 4.79 Å². The summed E-state index contributed by atoms with van der Waals surface area (Å²) in [5, 5.41) is 11.9. The zero-order valence-electron chi connectivity index (χ0n) is 9.93. The lowest BCUT2D eigenvalue weighted by molar-refractivity contribution is 0.0697. The average molecular weight is 403 g/mol. The summed E-state index contributed by atoms with van der Waals surface area (Å²) >= 11 is 7.85. The van der Waals surface area contributed by atoms with E-state index in [1.807, 2.05) is 22.6 Å². The molecule has 1 aromatic carbocycles. The molecule has 2 N–H and O–H groups in total. The highest BCUT2D eigenvalue weighted by Gasteiger charge is 2.16. The number of nitrogens with one attached hydrogen (secondary N) is 1. The van der Waals surface area contributed by atoms with Crippen LogP contribution in [0.25, 0.3) is 0 Å². The topological polar surface area (TPSA) is 79.3 Å². The van der Waals surface area contributed by atoms with Crippen LogP contribution in [-0.2, 0) is 0 Å². The van der Waals surface area contributed by atoms with Crippen LogP contribution in [0.15, 0.2) is 36.5 Å². The predicted molar refractivity (Wildman–Crippen MR) is 83.3 cm³/mol. The van der Waals surface area contributed by atoms with Gasteiger partial charge in [-0.1, -0.05) is 11.6 Å². The minimum atomic E-state index is -1.16. The Bertz CT molecular complexity index is 691. The Kier molecular flexibility index (Phi) is 4.56. The van der Waals surface area contributed by atoms with E-state index in [9.17, 15) is 9.59 Å². The van der Waals surface area contributed by atoms with Gasteiger partial charge in [0.1, 0.15) is 11.4 Å². The summed E-state index contributed by atoms with van der Waals surface area (Å²) in [6.07, 6.45) is 1.41. The molecular weight excluding hydrogens is 395 g/mol. The van der Waals surface area contributed by atoms with Crippen molar-refractivity contribution < 1.29 is 14.7 Å². The molecular formula is C13H8ClIN2O3. The molecule has 0 aliphatic carbocycles. The molecule has 0 bridgehead atoms. The zero-order valence-corrected chi connectivity index (χ0v) is 12.8. The fourth-order valence-corrected chi connectivity index (χ4v) is 2.28. The van der Waals surface area contributed by atoms with Crippen LogP contribution in [0.4, 0.5) is 5.82 Å². The van der Waals surface area contributed by atoms with Crippen molar-refractivity contribution >= 4 is 51.9 Å². The monoisotopic (exact) mass is 402 g/mol. The Morgan fingerprint density at radius 2 is 2.00 bits per heavy atom. The first kappa shape index (κ1) is 14.7. The Hall–Kier alpha value is -1.67. The first-order valence-corrected chi connectivity index (χ1v) is 6.89. The maximum atomic E-state index is 12.2. The van der Waals surface area contributed by atoms with E-state index in [4.69, 9.17) is 16.7 Å². The molecule has 1 amide bonds. The number of pyridine rings is 1. The molecule has 0 fully saturated rings. The highest BCUT2D eigenvalue weighted by molar-refractivity contribution is 14.1. The van der Waals surface area contributed by atoms with Crippen molar-refractivity contribution in [3.8, 4) is 0 Å². The highest BCUT2D eigenvalue weighted by Crippen LogP contribution is 2.20. The number of nitrogens with zero attached hydrogens (tertiary/aromatic N) is 1. The van der Waals surface area contributed by atoms with E-state index in [2.05, 4.69) is 10.3 Å². The van der Waals surface area contributed by atoms with Gasteiger partial charge < -0.3 is 10.4 Å². The fourth-order valence-electron chi connectivity index (χ4n) is 1.52. The number of rotatable bonds is 3. The number of halogens is 2. The van der Waals surface area contributed by atoms with Crippen molar-refractivity contribution in [1.29, 1.82) is 0 Å². The first-order chi connectivity index (χ1) is 9.49. The molecule has 0 saturated carbocycles. The number of aromatic nitrogens is 1. The van der Waals surface area contributed by atoms with E-state index in [0.29, 0.717) is 14.2 Å². The second kappa shape index (κ2) is 6.19. The number of anilines is 1. The van der Waals surface area contributed by atoms with Crippen molar-refractivity contribution in [2.45, 2.75) is 0 Å². The lowest BCUT2D eigenvalue weighted by Crippen LogP contribution is -2.17. The van der Waals surface area contributed by atoms with Gasteiger partial charge in [0.15, 0.2) is 0 Å². The van der Waals surface area contributed by atoms with E-state index in [-0.39, 0.29) is 11.4 Å². The van der Waals surface area contributed by atoms with Crippen molar-refractivity contribution in [2.75, 3.05) is 5.32 Å². The Morgan fingerprint density at radius 1 is 1.25 bits per heavy atom. The van der Waals surface area contributed by atoms with Gasteiger partial charge in [0.2, 0.25) is 0 Å². The van der Waals surface area contributed by atoms with Crippen LogP contribution in [0.3, 0.4) is 0 Å². The number of carbonyl (C=O) groups excluding carboxylic acids is 1. The molecule has 2 aromatic rings. The quantitative estimate of drug-likeness (QED) is 0.772. The van der Waals surface area contributed by atoms with Crippen LogP contribution in [0.2, 0.25) is 5.02 Å². The predicted octanol–water partition coefficient (Wildman–Crippen LogP) is 3.29. The van der Waals surface area contributed by atoms with Crippen molar-refractivity contribution in [3.63, 3.8) is 0 Å². The van der Waals surface area contributed by atoms with Gasteiger partial charge in [0.05, 0.1) is 5.56 Å². The summed E-state index contributed by atoms with van der Waals surface area (Å²) in [6.45, 7) is 0. The summed E-state index contributed by atoms with van der Waals surface area (Å²) in [7, 11) is 0. The van der Waals surface area contributed by atoms with E-state index < -0.39 is 11.9 Å². The molecule has 20 heavy (non-hydrogen) atoms. The summed E-state index contributed by atoms with van der Waals surface area (Å²) in [5.74, 6) is -1.62. The molecule has 2 rings (SSSR count). The summed E-state index contributed by atoms with van der Waals surface area (Å²) in [6, 6.07) is 7.75. The number of amides is 1. The molecule has 0 radical (unpaired) electrons. The van der Waals surface area contributed by atoms with Gasteiger partial charge in [-0.2, -0.15) is 0 Å². The van der Waals surface area contributed by atoms with Crippen LogP contribution < -0.4 is 5.32 Å². The third-order valence-corrected chi connectivity index (χ3v) is 3.62. The molecule has 0 atom stereocenters. The number of carboxylic acids is 1. The largest absolute Gasteiger partial charge is 0.478 e. The summed E-state index contributed by atoms with van der Waals surface area (Å²) in [4.78, 5) is 27.1. The van der Waals surface area contributed by atoms with Crippen LogP contribution in [0.1, 0.15) is 20.7 Å². The molecule has 7 heteroatoms. The molecule has 0 saturated heterocycles. The van der Waals surface area contributed by atoms with Crippen LogP contribution in [0.5, 0.6) is 0 Å². The van der Waals surface area contributed by atoms with E-state index in [1.54, 1.807) is 12.1 Å². The molecule has 1 heterocycles. The van der Waals surface area contributed by atoms with E-state index in [0.717, 1.165) is 0 Å². The maximum Gasteiger partial charge on any atom is 0.339 e. The Balaban J connectivity index is 2.33. The van der Waals surface area contributed by atoms with E-state index in [1.165, 1.54) is 24.4 Å². The highest BCUT2D eigenvalue weighted by atomic mass is 127. The molecule has 0 aliphatic rings. The normalized spacial score (nSPS) is 10.1. The summed E-state index contributed by atoms with van der Waals surface area (Å²) < 4.78 is 0.706. The number of hydrogen-bond donors (Lipinski definition) is 2. The lowest BCUT2D eigenvalue weighted by Gasteiger charge is -2.08. The van der Waals surface area contributed by atoms with E-state index >= 15 is 0 Å². The third kappa shape index (κ3) is 3.26. The smallest absolute Gasteiger partial charge is 0.339 e. The molecule has 5 nitrogen and oxygen atoms in total. The SMILES string of the molecule is O=C(Nc1ncccc1C(=O)O)c1cc(Cl)ccc1I. The van der Waals surface area contributed by atoms with Crippen LogP contribution >= 0.6 is 34.2 Å². The molecule has 1 aromatic heterocycles. The van der Waals surface area contributed by atoms with Crippen LogP contribution in [0, 0.1) is 3.57 Å². The zero-order chi connectivity index (χ0) is 14.7. The fraction of sp³-hybridized carbons (Fsp3) is 0. The lowest BCUT2D eigenvalue weighted by atomic mass is 10.2. The second-order valence-electron chi connectivity index (χ2n) is 3.78. The minimum absolute atomic E-state index is 0.000718. The molecule has 0 unspecified atom stereocenters. The molecule has 0 spiro atoms. The van der Waals surface area contributed by atoms with Crippen molar-refractivity contribution in [2.24, 2.45) is 0 Å². The molecule has 102 valence electrons. The standard InChI is InChI=1S/C13H8ClIN2O3/c14-7-3-4-10(15)9(6-7)12(18)17-11-8(13(19)20)2-1-5-16-11/h1-6H,(H,19,20)(H,16,17,18). The number of hydrogen-bond acceptors (Lipinski definition) is 3. The van der Waals surface area contributed by atoms with Crippen molar-refractivity contribution in [3.05, 3.63) is 56.2 Å². The number of carbonyl (C=O) groups is 2. The van der Waals surface area contributed by atoms with Gasteiger partial charge in [-0.05, 0) is 52.9 Å². The van der Waals surface area contributed by atoms with Gasteiger partial charge in [0, 0.05) is 14.8 Å².